The molecule has 0 radical (unpaired) electrons. The molecule has 3 aromatic rings. The highest BCUT2D eigenvalue weighted by molar-refractivity contribution is 6.30. The minimum atomic E-state index is -0.0152. The van der Waals surface area contributed by atoms with E-state index in [1.807, 2.05) is 53.8 Å². The van der Waals surface area contributed by atoms with Gasteiger partial charge in [0, 0.05) is 61.7 Å². The third-order valence-electron chi connectivity index (χ3n) is 6.72. The van der Waals surface area contributed by atoms with Crippen LogP contribution in [0.15, 0.2) is 42.7 Å². The zero-order chi connectivity index (χ0) is 23.7. The highest BCUT2D eigenvalue weighted by Gasteiger charge is 2.31. The summed E-state index contributed by atoms with van der Waals surface area (Å²) in [5.74, 6) is 1.84. The first kappa shape index (κ1) is 22.7. The summed E-state index contributed by atoms with van der Waals surface area (Å²) in [6.45, 7) is 8.67. The van der Waals surface area contributed by atoms with Gasteiger partial charge in [-0.2, -0.15) is 5.10 Å². The smallest absolute Gasteiger partial charge is 0.227 e. The summed E-state index contributed by atoms with van der Waals surface area (Å²) in [7, 11) is 0. The average Bonchev–Trinajstić information content (AvgIpc) is 3.21. The first-order valence-corrected chi connectivity index (χ1v) is 12.3. The van der Waals surface area contributed by atoms with Gasteiger partial charge in [0.05, 0.1) is 11.6 Å². The number of anilines is 2. The lowest BCUT2D eigenvalue weighted by Gasteiger charge is -2.40. The van der Waals surface area contributed by atoms with E-state index >= 15 is 0 Å². The first-order chi connectivity index (χ1) is 16.5. The van der Waals surface area contributed by atoms with Crippen LogP contribution >= 0.6 is 11.6 Å². The fourth-order valence-electron chi connectivity index (χ4n) is 4.99. The molecule has 2 aliphatic rings. The molecule has 4 heterocycles. The summed E-state index contributed by atoms with van der Waals surface area (Å²) in [5.41, 5.74) is 3.10. The van der Waals surface area contributed by atoms with Gasteiger partial charge in [-0.1, -0.05) is 17.7 Å². The highest BCUT2D eigenvalue weighted by atomic mass is 35.5. The standard InChI is InChI=1S/C25H30ClN7O/c1-18-13-19(2)33(29-18)24-15-23(27-17-28-24)32-8-4-5-20(16-32)25(34)31-11-9-30(10-12-31)22-7-3-6-21(26)14-22/h3,6-7,13-15,17,20H,4-5,8-12,16H2,1-2H3. The molecule has 34 heavy (non-hydrogen) atoms. The fraction of sp³-hybridized carbons (Fsp3) is 0.440. The molecule has 1 aromatic carbocycles. The van der Waals surface area contributed by atoms with Gasteiger partial charge in [-0.3, -0.25) is 4.79 Å². The third kappa shape index (κ3) is 4.73. The maximum Gasteiger partial charge on any atom is 0.227 e. The van der Waals surface area contributed by atoms with Gasteiger partial charge < -0.3 is 14.7 Å². The second kappa shape index (κ2) is 9.62. The Balaban J connectivity index is 1.23. The summed E-state index contributed by atoms with van der Waals surface area (Å²) < 4.78 is 1.84. The van der Waals surface area contributed by atoms with E-state index in [-0.39, 0.29) is 11.8 Å². The van der Waals surface area contributed by atoms with Crippen molar-refractivity contribution in [3.8, 4) is 5.82 Å². The molecule has 0 saturated carbocycles. The molecular formula is C25H30ClN7O. The SMILES string of the molecule is Cc1cc(C)n(-c2cc(N3CCCC(C(=O)N4CCN(c5cccc(Cl)c5)CC4)C3)ncn2)n1. The van der Waals surface area contributed by atoms with Crippen LogP contribution in [0, 0.1) is 19.8 Å². The molecule has 2 aliphatic heterocycles. The van der Waals surface area contributed by atoms with Crippen molar-refractivity contribution in [3.05, 3.63) is 59.1 Å². The normalized spacial score (nSPS) is 18.9. The van der Waals surface area contributed by atoms with E-state index in [1.54, 1.807) is 6.33 Å². The van der Waals surface area contributed by atoms with Gasteiger partial charge in [0.1, 0.15) is 12.1 Å². The molecule has 1 amide bonds. The number of aromatic nitrogens is 4. The molecule has 0 N–H and O–H groups in total. The number of amides is 1. The maximum atomic E-state index is 13.4. The Bertz CT molecular complexity index is 1170. The number of nitrogens with zero attached hydrogens (tertiary/aromatic N) is 7. The van der Waals surface area contributed by atoms with Crippen LogP contribution in [0.3, 0.4) is 0 Å². The second-order valence-electron chi connectivity index (χ2n) is 9.15. The molecule has 5 rings (SSSR count). The van der Waals surface area contributed by atoms with Gasteiger partial charge in [-0.05, 0) is 51.0 Å². The zero-order valence-corrected chi connectivity index (χ0v) is 20.4. The molecule has 2 aromatic heterocycles. The van der Waals surface area contributed by atoms with Gasteiger partial charge in [0.2, 0.25) is 5.91 Å². The predicted molar refractivity (Wildman–Crippen MR) is 134 cm³/mol. The quantitative estimate of drug-likeness (QED) is 0.570. The van der Waals surface area contributed by atoms with Gasteiger partial charge in [0.25, 0.3) is 0 Å². The number of piperidine rings is 1. The average molecular weight is 480 g/mol. The van der Waals surface area contributed by atoms with E-state index in [4.69, 9.17) is 11.6 Å². The zero-order valence-electron chi connectivity index (χ0n) is 19.7. The van der Waals surface area contributed by atoms with Crippen molar-refractivity contribution in [2.45, 2.75) is 26.7 Å². The lowest BCUT2D eigenvalue weighted by atomic mass is 9.96. The number of carbonyl (C=O) groups is 1. The number of hydrogen-bond donors (Lipinski definition) is 0. The summed E-state index contributed by atoms with van der Waals surface area (Å²) in [6.07, 6.45) is 3.47. The molecule has 1 atom stereocenters. The lowest BCUT2D eigenvalue weighted by molar-refractivity contribution is -0.136. The third-order valence-corrected chi connectivity index (χ3v) is 6.96. The highest BCUT2D eigenvalue weighted by Crippen LogP contribution is 2.26. The van der Waals surface area contributed by atoms with E-state index in [0.29, 0.717) is 6.54 Å². The molecule has 178 valence electrons. The Labute approximate surface area is 205 Å². The molecule has 1 unspecified atom stereocenters. The number of rotatable bonds is 4. The van der Waals surface area contributed by atoms with Gasteiger partial charge in [-0.25, -0.2) is 14.6 Å². The van der Waals surface area contributed by atoms with Crippen molar-refractivity contribution >= 4 is 29.0 Å². The lowest BCUT2D eigenvalue weighted by Crippen LogP contribution is -2.52. The van der Waals surface area contributed by atoms with E-state index in [9.17, 15) is 4.79 Å². The summed E-state index contributed by atoms with van der Waals surface area (Å²) in [4.78, 5) is 28.8. The monoisotopic (exact) mass is 479 g/mol. The number of aryl methyl sites for hydroxylation is 2. The number of hydrogen-bond acceptors (Lipinski definition) is 6. The van der Waals surface area contributed by atoms with Crippen LogP contribution in [-0.4, -0.2) is 69.8 Å². The maximum absolute atomic E-state index is 13.4. The molecule has 0 spiro atoms. The molecule has 2 saturated heterocycles. The first-order valence-electron chi connectivity index (χ1n) is 11.9. The minimum Gasteiger partial charge on any atom is -0.368 e. The molecule has 0 bridgehead atoms. The topological polar surface area (TPSA) is 70.4 Å². The number of benzene rings is 1. The Morgan fingerprint density at radius 3 is 2.50 bits per heavy atom. The second-order valence-corrected chi connectivity index (χ2v) is 9.59. The number of carbonyl (C=O) groups excluding carboxylic acids is 1. The van der Waals surface area contributed by atoms with Crippen LogP contribution in [0.1, 0.15) is 24.2 Å². The Kier molecular flexibility index (Phi) is 6.41. The van der Waals surface area contributed by atoms with Gasteiger partial charge in [0.15, 0.2) is 5.82 Å². The van der Waals surface area contributed by atoms with Crippen molar-refractivity contribution in [2.24, 2.45) is 5.92 Å². The van der Waals surface area contributed by atoms with Crippen LogP contribution in [0.5, 0.6) is 0 Å². The van der Waals surface area contributed by atoms with Crippen LogP contribution in [0.2, 0.25) is 5.02 Å². The van der Waals surface area contributed by atoms with Crippen molar-refractivity contribution in [3.63, 3.8) is 0 Å². The van der Waals surface area contributed by atoms with Crippen molar-refractivity contribution in [1.29, 1.82) is 0 Å². The summed E-state index contributed by atoms with van der Waals surface area (Å²) in [6, 6.07) is 11.9. The van der Waals surface area contributed by atoms with Crippen LogP contribution < -0.4 is 9.80 Å². The molecule has 2 fully saturated rings. The van der Waals surface area contributed by atoms with Crippen LogP contribution in [0.4, 0.5) is 11.5 Å². The number of piperazine rings is 1. The minimum absolute atomic E-state index is 0.0152. The Morgan fingerprint density at radius 1 is 0.971 bits per heavy atom. The van der Waals surface area contributed by atoms with Crippen molar-refractivity contribution in [2.75, 3.05) is 49.1 Å². The molecule has 9 heteroatoms. The van der Waals surface area contributed by atoms with E-state index in [0.717, 1.165) is 79.3 Å². The van der Waals surface area contributed by atoms with Crippen molar-refractivity contribution < 1.29 is 4.79 Å². The van der Waals surface area contributed by atoms with E-state index in [1.165, 1.54) is 0 Å². The molecular weight excluding hydrogens is 450 g/mol. The predicted octanol–water partition coefficient (Wildman–Crippen LogP) is 3.50. The van der Waals surface area contributed by atoms with Gasteiger partial charge in [-0.15, -0.1) is 0 Å². The summed E-state index contributed by atoms with van der Waals surface area (Å²) in [5, 5.41) is 5.28. The van der Waals surface area contributed by atoms with E-state index < -0.39 is 0 Å². The van der Waals surface area contributed by atoms with Crippen molar-refractivity contribution in [1.82, 2.24) is 24.6 Å². The summed E-state index contributed by atoms with van der Waals surface area (Å²) >= 11 is 6.15. The van der Waals surface area contributed by atoms with Crippen LogP contribution in [-0.2, 0) is 4.79 Å². The molecule has 0 aliphatic carbocycles. The van der Waals surface area contributed by atoms with E-state index in [2.05, 4.69) is 30.9 Å². The molecule has 8 nitrogen and oxygen atoms in total. The fourth-order valence-corrected chi connectivity index (χ4v) is 5.17. The van der Waals surface area contributed by atoms with Crippen LogP contribution in [0.25, 0.3) is 5.82 Å². The Morgan fingerprint density at radius 2 is 1.76 bits per heavy atom. The Hall–Kier alpha value is -3.13. The number of halogens is 1. The van der Waals surface area contributed by atoms with Gasteiger partial charge >= 0.3 is 0 Å². The largest absolute Gasteiger partial charge is 0.368 e.